The molecule has 3 aromatic rings. The minimum absolute atomic E-state index is 0.0965. The third-order valence-electron chi connectivity index (χ3n) is 5.28. The number of carboxylic acid groups (broad SMARTS) is 2. The maximum absolute atomic E-state index is 12.1. The van der Waals surface area contributed by atoms with Gasteiger partial charge in [0.05, 0.1) is 16.0 Å². The number of carboxylic acids is 2. The summed E-state index contributed by atoms with van der Waals surface area (Å²) in [6.45, 7) is 2.88. The summed E-state index contributed by atoms with van der Waals surface area (Å²) >= 11 is 0. The van der Waals surface area contributed by atoms with Crippen LogP contribution in [0.3, 0.4) is 0 Å². The van der Waals surface area contributed by atoms with E-state index in [-0.39, 0.29) is 50.4 Å². The molecule has 33 heavy (non-hydrogen) atoms. The fourth-order valence-corrected chi connectivity index (χ4v) is 4.49. The molecule has 0 aliphatic carbocycles. The summed E-state index contributed by atoms with van der Waals surface area (Å²) in [5.41, 5.74) is -0.425. The maximum Gasteiger partial charge on any atom is 0.335 e. The average Bonchev–Trinajstić information content (AvgIpc) is 2.73. The second kappa shape index (κ2) is 8.57. The predicted molar refractivity (Wildman–Crippen MR) is 117 cm³/mol. The Kier molecular flexibility index (Phi) is 6.17. The Labute approximate surface area is 188 Å². The Balaban J connectivity index is 2.52. The molecule has 0 saturated heterocycles. The van der Waals surface area contributed by atoms with Crippen LogP contribution in [-0.4, -0.2) is 45.3 Å². The lowest BCUT2D eigenvalue weighted by molar-refractivity contribution is 0.0686. The molecule has 0 aromatic heterocycles. The molecule has 5 N–H and O–H groups in total. The van der Waals surface area contributed by atoms with Gasteiger partial charge in [-0.25, -0.2) is 9.59 Å². The summed E-state index contributed by atoms with van der Waals surface area (Å²) < 4.78 is 34.0. The predicted octanol–water partition coefficient (Wildman–Crippen LogP) is 3.54. The minimum Gasteiger partial charge on any atom is -0.507 e. The molecule has 10 heteroatoms. The Morgan fingerprint density at radius 2 is 1.18 bits per heavy atom. The molecule has 172 valence electrons. The second-order valence-electron chi connectivity index (χ2n) is 7.52. The lowest BCUT2D eigenvalue weighted by Crippen LogP contribution is -2.13. The van der Waals surface area contributed by atoms with Crippen LogP contribution >= 0.6 is 0 Å². The van der Waals surface area contributed by atoms with Crippen LogP contribution in [0.1, 0.15) is 54.5 Å². The van der Waals surface area contributed by atoms with E-state index in [4.69, 9.17) is 0 Å². The summed E-state index contributed by atoms with van der Waals surface area (Å²) in [4.78, 5) is 22.8. The normalized spacial score (nSPS) is 11.5. The van der Waals surface area contributed by atoms with E-state index in [9.17, 15) is 43.0 Å². The second-order valence-corrected chi connectivity index (χ2v) is 8.91. The van der Waals surface area contributed by atoms with Crippen molar-refractivity contribution < 1.29 is 43.0 Å². The minimum atomic E-state index is -4.79. The van der Waals surface area contributed by atoms with Gasteiger partial charge in [0, 0.05) is 17.0 Å². The zero-order chi connectivity index (χ0) is 24.7. The topological polar surface area (TPSA) is 169 Å². The highest BCUT2D eigenvalue weighted by Gasteiger charge is 2.31. The van der Waals surface area contributed by atoms with Crippen LogP contribution in [0.5, 0.6) is 11.5 Å². The standard InChI is InChI=1S/C23H20O9S/c1-11-7-13(22(26)27)9-16(20(11)24)19(15-5-3-4-6-18(15)33(30,31)32)17-10-14(23(28)29)8-12(2)21(17)25/h3-10,19,24-25H,1-2H3,(H,26,27)(H,28,29)(H,30,31,32). The monoisotopic (exact) mass is 472 g/mol. The molecular formula is C23H20O9S. The van der Waals surface area contributed by atoms with Gasteiger partial charge >= 0.3 is 11.9 Å². The van der Waals surface area contributed by atoms with Gasteiger partial charge in [0.1, 0.15) is 11.5 Å². The summed E-state index contributed by atoms with van der Waals surface area (Å²) in [6, 6.07) is 9.87. The number of phenolic OH excluding ortho intramolecular Hbond substituents is 2. The molecule has 0 unspecified atom stereocenters. The van der Waals surface area contributed by atoms with Gasteiger partial charge in [-0.3, -0.25) is 4.55 Å². The molecule has 0 spiro atoms. The number of aryl methyl sites for hydroxylation is 2. The van der Waals surface area contributed by atoms with Crippen molar-refractivity contribution in [2.45, 2.75) is 24.7 Å². The van der Waals surface area contributed by atoms with Gasteiger partial charge in [0.25, 0.3) is 10.1 Å². The fraction of sp³-hybridized carbons (Fsp3) is 0.130. The van der Waals surface area contributed by atoms with Crippen LogP contribution in [0.2, 0.25) is 0 Å². The molecule has 3 rings (SSSR count). The van der Waals surface area contributed by atoms with Crippen LogP contribution in [0, 0.1) is 13.8 Å². The summed E-state index contributed by atoms with van der Waals surface area (Å²) in [5, 5.41) is 40.7. The Hall–Kier alpha value is -3.89. The Bertz CT molecular complexity index is 1320. The van der Waals surface area contributed by atoms with Gasteiger partial charge in [-0.05, 0) is 60.9 Å². The van der Waals surface area contributed by atoms with E-state index in [1.165, 1.54) is 44.2 Å². The van der Waals surface area contributed by atoms with Crippen LogP contribution in [-0.2, 0) is 10.1 Å². The molecule has 0 heterocycles. The third kappa shape index (κ3) is 4.52. The van der Waals surface area contributed by atoms with Crippen LogP contribution < -0.4 is 0 Å². The van der Waals surface area contributed by atoms with E-state index in [2.05, 4.69) is 0 Å². The number of carbonyl (C=O) groups is 2. The smallest absolute Gasteiger partial charge is 0.335 e. The number of phenols is 2. The summed E-state index contributed by atoms with van der Waals surface area (Å²) in [7, 11) is -4.79. The first-order valence-corrected chi connectivity index (χ1v) is 11.0. The van der Waals surface area contributed by atoms with Crippen molar-refractivity contribution >= 4 is 22.1 Å². The summed E-state index contributed by atoms with van der Waals surface area (Å²) in [5.74, 6) is -4.75. The van der Waals surface area contributed by atoms with E-state index >= 15 is 0 Å². The molecule has 0 bridgehead atoms. The van der Waals surface area contributed by atoms with Gasteiger partial charge in [0.2, 0.25) is 0 Å². The van der Waals surface area contributed by atoms with Gasteiger partial charge in [-0.2, -0.15) is 8.42 Å². The maximum atomic E-state index is 12.1. The van der Waals surface area contributed by atoms with E-state index < -0.39 is 32.9 Å². The van der Waals surface area contributed by atoms with E-state index in [1.54, 1.807) is 0 Å². The number of aromatic carboxylic acids is 2. The first-order valence-electron chi connectivity index (χ1n) is 9.53. The van der Waals surface area contributed by atoms with Crippen molar-refractivity contribution in [3.8, 4) is 11.5 Å². The van der Waals surface area contributed by atoms with Crippen LogP contribution in [0.4, 0.5) is 0 Å². The molecule has 9 nitrogen and oxygen atoms in total. The number of benzene rings is 3. The Morgan fingerprint density at radius 1 is 0.758 bits per heavy atom. The van der Waals surface area contributed by atoms with Crippen LogP contribution in [0.15, 0.2) is 53.4 Å². The molecule has 3 aromatic carbocycles. The number of aromatic hydroxyl groups is 2. The fourth-order valence-electron chi connectivity index (χ4n) is 3.76. The van der Waals surface area contributed by atoms with E-state index in [0.29, 0.717) is 0 Å². The molecule has 0 radical (unpaired) electrons. The lowest BCUT2D eigenvalue weighted by Gasteiger charge is -2.24. The molecule has 0 aliphatic rings. The van der Waals surface area contributed by atoms with Gasteiger partial charge < -0.3 is 20.4 Å². The van der Waals surface area contributed by atoms with Crippen molar-refractivity contribution in [2.24, 2.45) is 0 Å². The van der Waals surface area contributed by atoms with Gasteiger partial charge in [-0.1, -0.05) is 18.2 Å². The van der Waals surface area contributed by atoms with E-state index in [1.807, 2.05) is 0 Å². The highest BCUT2D eigenvalue weighted by molar-refractivity contribution is 7.85. The Morgan fingerprint density at radius 3 is 1.58 bits per heavy atom. The zero-order valence-electron chi connectivity index (χ0n) is 17.5. The van der Waals surface area contributed by atoms with Crippen molar-refractivity contribution in [3.63, 3.8) is 0 Å². The zero-order valence-corrected chi connectivity index (χ0v) is 18.3. The third-order valence-corrected chi connectivity index (χ3v) is 6.21. The first-order chi connectivity index (χ1) is 15.3. The van der Waals surface area contributed by atoms with Gasteiger partial charge in [-0.15, -0.1) is 0 Å². The highest BCUT2D eigenvalue weighted by atomic mass is 32.2. The summed E-state index contributed by atoms with van der Waals surface area (Å²) in [6.07, 6.45) is 0. The quantitative estimate of drug-likeness (QED) is 0.266. The largest absolute Gasteiger partial charge is 0.507 e. The molecule has 0 saturated carbocycles. The van der Waals surface area contributed by atoms with Crippen molar-refractivity contribution in [2.75, 3.05) is 0 Å². The number of hydrogen-bond acceptors (Lipinski definition) is 6. The number of hydrogen-bond donors (Lipinski definition) is 5. The highest BCUT2D eigenvalue weighted by Crippen LogP contribution is 2.45. The van der Waals surface area contributed by atoms with Crippen molar-refractivity contribution in [1.29, 1.82) is 0 Å². The van der Waals surface area contributed by atoms with Gasteiger partial charge in [0.15, 0.2) is 0 Å². The SMILES string of the molecule is Cc1cc(C(=O)O)cc(C(c2ccccc2S(=O)(=O)O)c2cc(C(=O)O)cc(C)c2O)c1O. The molecule has 0 fully saturated rings. The molecule has 0 amide bonds. The average molecular weight is 472 g/mol. The lowest BCUT2D eigenvalue weighted by atomic mass is 9.81. The van der Waals surface area contributed by atoms with Crippen molar-refractivity contribution in [3.05, 3.63) is 87.5 Å². The molecule has 0 aliphatic heterocycles. The number of rotatable bonds is 6. The first kappa shape index (κ1) is 23.8. The molecular weight excluding hydrogens is 452 g/mol. The van der Waals surface area contributed by atoms with E-state index in [0.717, 1.165) is 18.2 Å². The van der Waals surface area contributed by atoms with Crippen LogP contribution in [0.25, 0.3) is 0 Å². The van der Waals surface area contributed by atoms with Crippen molar-refractivity contribution in [1.82, 2.24) is 0 Å². The molecule has 0 atom stereocenters.